The van der Waals surface area contributed by atoms with Crippen LogP contribution in [-0.4, -0.2) is 55.2 Å². The number of rotatable bonds is 5. The highest BCUT2D eigenvalue weighted by Crippen LogP contribution is 2.17. The Hall–Kier alpha value is -1.43. The van der Waals surface area contributed by atoms with Crippen LogP contribution < -0.4 is 10.6 Å². The molecule has 5 heteroatoms. The van der Waals surface area contributed by atoms with Crippen molar-refractivity contribution in [3.05, 3.63) is 35.9 Å². The van der Waals surface area contributed by atoms with Crippen molar-refractivity contribution in [2.45, 2.75) is 24.6 Å². The summed E-state index contributed by atoms with van der Waals surface area (Å²) in [7, 11) is 4.00. The first-order chi connectivity index (χ1) is 9.58. The molecule has 5 nitrogen and oxygen atoms in total. The van der Waals surface area contributed by atoms with Crippen LogP contribution in [0.25, 0.3) is 0 Å². The third-order valence-electron chi connectivity index (χ3n) is 3.70. The molecule has 1 aromatic rings. The molecule has 1 aromatic carbocycles. The molecular formula is C15H23N3O2. The first kappa shape index (κ1) is 15.0. The molecule has 1 heterocycles. The summed E-state index contributed by atoms with van der Waals surface area (Å²) >= 11 is 0. The van der Waals surface area contributed by atoms with Gasteiger partial charge in [-0.25, -0.2) is 0 Å². The Morgan fingerprint density at radius 2 is 2.15 bits per heavy atom. The fraction of sp³-hybridized carbons (Fsp3) is 0.533. The number of carbonyl (C=O) groups is 1. The van der Waals surface area contributed by atoms with E-state index in [0.717, 1.165) is 0 Å². The second-order valence-corrected chi connectivity index (χ2v) is 5.49. The average Bonchev–Trinajstić information content (AvgIpc) is 2.86. The summed E-state index contributed by atoms with van der Waals surface area (Å²) < 4.78 is 0. The van der Waals surface area contributed by atoms with Crippen molar-refractivity contribution in [3.63, 3.8) is 0 Å². The van der Waals surface area contributed by atoms with Gasteiger partial charge in [0.25, 0.3) is 0 Å². The van der Waals surface area contributed by atoms with Gasteiger partial charge in [0.15, 0.2) is 0 Å². The molecule has 1 fully saturated rings. The maximum Gasteiger partial charge on any atom is 0.237 e. The molecular weight excluding hydrogens is 254 g/mol. The summed E-state index contributed by atoms with van der Waals surface area (Å²) in [6, 6.07) is 9.99. The van der Waals surface area contributed by atoms with Gasteiger partial charge < -0.3 is 20.6 Å². The van der Waals surface area contributed by atoms with E-state index in [4.69, 9.17) is 0 Å². The van der Waals surface area contributed by atoms with Crippen LogP contribution in [0, 0.1) is 0 Å². The maximum atomic E-state index is 12.0. The number of aliphatic hydroxyl groups is 1. The van der Waals surface area contributed by atoms with Crippen LogP contribution in [-0.2, 0) is 4.79 Å². The average molecular weight is 277 g/mol. The van der Waals surface area contributed by atoms with Crippen LogP contribution in [0.2, 0.25) is 0 Å². The lowest BCUT2D eigenvalue weighted by atomic mass is 10.1. The molecule has 0 bridgehead atoms. The Kier molecular flexibility index (Phi) is 5.11. The molecule has 3 atom stereocenters. The molecule has 0 spiro atoms. The molecule has 1 aliphatic rings. The predicted molar refractivity (Wildman–Crippen MR) is 78.3 cm³/mol. The van der Waals surface area contributed by atoms with Gasteiger partial charge in [0.1, 0.15) is 0 Å². The maximum absolute atomic E-state index is 12.0. The van der Waals surface area contributed by atoms with Crippen LogP contribution >= 0.6 is 0 Å². The molecule has 0 radical (unpaired) electrons. The van der Waals surface area contributed by atoms with E-state index in [1.165, 1.54) is 5.56 Å². The highest BCUT2D eigenvalue weighted by molar-refractivity contribution is 5.82. The lowest BCUT2D eigenvalue weighted by molar-refractivity contribution is -0.123. The van der Waals surface area contributed by atoms with Crippen LogP contribution in [0.4, 0.5) is 0 Å². The molecule has 0 unspecified atom stereocenters. The summed E-state index contributed by atoms with van der Waals surface area (Å²) in [4.78, 5) is 14.1. The predicted octanol–water partition coefficient (Wildman–Crippen LogP) is 0.128. The number of aliphatic hydroxyl groups excluding tert-OH is 1. The fourth-order valence-corrected chi connectivity index (χ4v) is 2.51. The van der Waals surface area contributed by atoms with Crippen LogP contribution in [0.5, 0.6) is 0 Å². The lowest BCUT2D eigenvalue weighted by Gasteiger charge is -2.25. The minimum absolute atomic E-state index is 0.0377. The Morgan fingerprint density at radius 3 is 2.70 bits per heavy atom. The van der Waals surface area contributed by atoms with Gasteiger partial charge in [0.2, 0.25) is 5.91 Å². The topological polar surface area (TPSA) is 64.6 Å². The smallest absolute Gasteiger partial charge is 0.237 e. The van der Waals surface area contributed by atoms with Gasteiger partial charge in [-0.3, -0.25) is 4.79 Å². The molecule has 1 saturated heterocycles. The van der Waals surface area contributed by atoms with Gasteiger partial charge in [-0.2, -0.15) is 0 Å². The lowest BCUT2D eigenvalue weighted by Crippen LogP contribution is -2.43. The summed E-state index contributed by atoms with van der Waals surface area (Å²) in [5.74, 6) is -0.0377. The minimum Gasteiger partial charge on any atom is -0.392 e. The molecule has 0 aliphatic carbocycles. The third-order valence-corrected chi connectivity index (χ3v) is 3.70. The van der Waals surface area contributed by atoms with Crippen molar-refractivity contribution in [3.8, 4) is 0 Å². The minimum atomic E-state index is -0.412. The highest BCUT2D eigenvalue weighted by Gasteiger charge is 2.28. The molecule has 20 heavy (non-hydrogen) atoms. The van der Waals surface area contributed by atoms with Gasteiger partial charge in [-0.05, 0) is 26.1 Å². The van der Waals surface area contributed by atoms with Crippen molar-refractivity contribution in [2.75, 3.05) is 27.2 Å². The largest absolute Gasteiger partial charge is 0.392 e. The second kappa shape index (κ2) is 6.83. The van der Waals surface area contributed by atoms with Crippen molar-refractivity contribution >= 4 is 5.91 Å². The molecule has 0 saturated carbocycles. The number of hydrogen-bond donors (Lipinski definition) is 3. The summed E-state index contributed by atoms with van der Waals surface area (Å²) in [6.45, 7) is 1.05. The van der Waals surface area contributed by atoms with Crippen LogP contribution in [0.1, 0.15) is 18.0 Å². The van der Waals surface area contributed by atoms with Gasteiger partial charge in [0, 0.05) is 13.1 Å². The van der Waals surface area contributed by atoms with E-state index in [-0.39, 0.29) is 18.0 Å². The number of hydrogen-bond acceptors (Lipinski definition) is 4. The van der Waals surface area contributed by atoms with Crippen LogP contribution in [0.3, 0.4) is 0 Å². The van der Waals surface area contributed by atoms with E-state index in [2.05, 4.69) is 27.7 Å². The first-order valence-electron chi connectivity index (χ1n) is 6.98. The number of nitrogens with zero attached hydrogens (tertiary/aromatic N) is 1. The molecule has 0 aromatic heterocycles. The Labute approximate surface area is 120 Å². The number of amides is 1. The normalized spacial score (nSPS) is 23.8. The molecule has 1 aliphatic heterocycles. The molecule has 3 N–H and O–H groups in total. The molecule has 2 rings (SSSR count). The van der Waals surface area contributed by atoms with Gasteiger partial charge in [-0.1, -0.05) is 30.3 Å². The summed E-state index contributed by atoms with van der Waals surface area (Å²) in [5.41, 5.74) is 1.18. The van der Waals surface area contributed by atoms with Crippen molar-refractivity contribution < 1.29 is 9.90 Å². The number of nitrogens with one attached hydrogen (secondary N) is 2. The Morgan fingerprint density at radius 1 is 1.45 bits per heavy atom. The molecule has 110 valence electrons. The standard InChI is InChI=1S/C15H23N3O2/c1-18(2)14(11-6-4-3-5-7-11)10-17-15(20)13-8-12(19)9-16-13/h3-7,12-14,16,19H,8-10H2,1-2H3,(H,17,20)/t12-,13-,14+/m0/s1. The Balaban J connectivity index is 1.91. The van der Waals surface area contributed by atoms with E-state index >= 15 is 0 Å². The second-order valence-electron chi connectivity index (χ2n) is 5.49. The number of benzene rings is 1. The number of likely N-dealkylation sites (N-methyl/N-ethyl adjacent to an activating group) is 1. The van der Waals surface area contributed by atoms with Gasteiger partial charge >= 0.3 is 0 Å². The summed E-state index contributed by atoms with van der Waals surface area (Å²) in [5, 5.41) is 15.4. The zero-order valence-corrected chi connectivity index (χ0v) is 12.0. The van der Waals surface area contributed by atoms with Crippen molar-refractivity contribution in [2.24, 2.45) is 0 Å². The molecule has 1 amide bonds. The number of carbonyl (C=O) groups excluding carboxylic acids is 1. The van der Waals surface area contributed by atoms with Gasteiger partial charge in [-0.15, -0.1) is 0 Å². The van der Waals surface area contributed by atoms with Crippen molar-refractivity contribution in [1.82, 2.24) is 15.5 Å². The van der Waals surface area contributed by atoms with E-state index in [1.54, 1.807) is 0 Å². The van der Waals surface area contributed by atoms with E-state index in [1.807, 2.05) is 32.3 Å². The van der Waals surface area contributed by atoms with Gasteiger partial charge in [0.05, 0.1) is 18.2 Å². The Bertz CT molecular complexity index is 436. The monoisotopic (exact) mass is 277 g/mol. The quantitative estimate of drug-likeness (QED) is 0.716. The zero-order chi connectivity index (χ0) is 14.5. The number of β-amino-alcohol motifs (C(OH)–C–C–N with tert-alkyl or cyclic N) is 1. The van der Waals surface area contributed by atoms with Crippen molar-refractivity contribution in [1.29, 1.82) is 0 Å². The fourth-order valence-electron chi connectivity index (χ4n) is 2.51. The zero-order valence-electron chi connectivity index (χ0n) is 12.0. The first-order valence-corrected chi connectivity index (χ1v) is 6.98. The van der Waals surface area contributed by atoms with E-state index in [0.29, 0.717) is 19.5 Å². The highest BCUT2D eigenvalue weighted by atomic mass is 16.3. The third kappa shape index (κ3) is 3.79. The van der Waals surface area contributed by atoms with E-state index in [9.17, 15) is 9.90 Å². The van der Waals surface area contributed by atoms with E-state index < -0.39 is 6.10 Å². The van der Waals surface area contributed by atoms with Crippen LogP contribution in [0.15, 0.2) is 30.3 Å². The SMILES string of the molecule is CN(C)[C@H](CNC(=O)[C@@H]1C[C@H](O)CN1)c1ccccc1. The summed E-state index contributed by atoms with van der Waals surface area (Å²) in [6.07, 6.45) is 0.0774.